The fourth-order valence-corrected chi connectivity index (χ4v) is 2.46. The summed E-state index contributed by atoms with van der Waals surface area (Å²) in [7, 11) is 0. The summed E-state index contributed by atoms with van der Waals surface area (Å²) >= 11 is 0. The maximum atomic E-state index is 3.64. The van der Waals surface area contributed by atoms with Gasteiger partial charge in [-0.1, -0.05) is 20.8 Å². The molecule has 0 spiro atoms. The molecule has 0 aromatic heterocycles. The van der Waals surface area contributed by atoms with Crippen LogP contribution < -0.4 is 5.32 Å². The second-order valence-electron chi connectivity index (χ2n) is 5.75. The molecule has 0 radical (unpaired) electrons. The van der Waals surface area contributed by atoms with E-state index in [2.05, 4.69) is 37.9 Å². The van der Waals surface area contributed by atoms with Gasteiger partial charge < -0.3 is 5.32 Å². The van der Waals surface area contributed by atoms with Crippen molar-refractivity contribution in [2.45, 2.75) is 65.5 Å². The largest absolute Gasteiger partial charge is 0.313 e. The van der Waals surface area contributed by atoms with E-state index >= 15 is 0 Å². The molecule has 1 rings (SSSR count). The molecule has 1 aliphatic rings. The Kier molecular flexibility index (Phi) is 6.37. The highest BCUT2D eigenvalue weighted by atomic mass is 15.2. The van der Waals surface area contributed by atoms with Crippen molar-refractivity contribution in [1.29, 1.82) is 0 Å². The minimum atomic E-state index is 0.751. The average Bonchev–Trinajstić information content (AvgIpc) is 2.71. The van der Waals surface area contributed by atoms with E-state index in [4.69, 9.17) is 0 Å². The molecular weight excluding hydrogens is 196 g/mol. The Morgan fingerprint density at radius 2 is 2.00 bits per heavy atom. The lowest BCUT2D eigenvalue weighted by atomic mass is 10.0. The number of hydrogen-bond donors (Lipinski definition) is 1. The molecular formula is C14H30N2. The van der Waals surface area contributed by atoms with Crippen molar-refractivity contribution in [2.24, 2.45) is 5.92 Å². The van der Waals surface area contributed by atoms with E-state index < -0.39 is 0 Å². The predicted octanol–water partition coefficient (Wildman–Crippen LogP) is 2.89. The van der Waals surface area contributed by atoms with Crippen LogP contribution in [0.15, 0.2) is 0 Å². The van der Waals surface area contributed by atoms with Gasteiger partial charge in [-0.05, 0) is 45.1 Å². The van der Waals surface area contributed by atoms with Crippen LogP contribution in [0, 0.1) is 5.92 Å². The van der Waals surface area contributed by atoms with Crippen molar-refractivity contribution in [3.05, 3.63) is 0 Å². The summed E-state index contributed by atoms with van der Waals surface area (Å²) in [5.41, 5.74) is 0. The van der Waals surface area contributed by atoms with Crippen molar-refractivity contribution in [3.63, 3.8) is 0 Å². The predicted molar refractivity (Wildman–Crippen MR) is 71.8 cm³/mol. The smallest absolute Gasteiger partial charge is 0.0207 e. The van der Waals surface area contributed by atoms with Gasteiger partial charge in [0.1, 0.15) is 0 Å². The maximum absolute atomic E-state index is 3.64. The first-order chi connectivity index (χ1) is 7.63. The molecule has 0 saturated carbocycles. The Hall–Kier alpha value is -0.0800. The third-order valence-electron chi connectivity index (χ3n) is 3.69. The van der Waals surface area contributed by atoms with E-state index in [0.29, 0.717) is 0 Å². The molecule has 0 amide bonds. The minimum absolute atomic E-state index is 0.751. The topological polar surface area (TPSA) is 15.3 Å². The fraction of sp³-hybridized carbons (Fsp3) is 1.00. The molecule has 1 fully saturated rings. The van der Waals surface area contributed by atoms with Gasteiger partial charge in [0.25, 0.3) is 0 Å². The molecule has 2 unspecified atom stereocenters. The van der Waals surface area contributed by atoms with Crippen LogP contribution in [0.25, 0.3) is 0 Å². The van der Waals surface area contributed by atoms with Crippen LogP contribution in [-0.4, -0.2) is 36.6 Å². The van der Waals surface area contributed by atoms with E-state index in [1.165, 1.54) is 45.3 Å². The molecule has 2 nitrogen and oxygen atoms in total. The van der Waals surface area contributed by atoms with Gasteiger partial charge in [0.05, 0.1) is 0 Å². The van der Waals surface area contributed by atoms with Gasteiger partial charge >= 0.3 is 0 Å². The summed E-state index contributed by atoms with van der Waals surface area (Å²) in [6, 6.07) is 1.53. The van der Waals surface area contributed by atoms with Crippen molar-refractivity contribution in [3.8, 4) is 0 Å². The summed E-state index contributed by atoms with van der Waals surface area (Å²) in [5, 5.41) is 3.64. The first-order valence-corrected chi connectivity index (χ1v) is 7.11. The van der Waals surface area contributed by atoms with Crippen LogP contribution in [0.3, 0.4) is 0 Å². The highest BCUT2D eigenvalue weighted by molar-refractivity contribution is 4.83. The summed E-state index contributed by atoms with van der Waals surface area (Å²) in [4.78, 5) is 2.66. The monoisotopic (exact) mass is 226 g/mol. The SMILES string of the molecule is CCCNC1CCN(C(C)CCC(C)C)C1. The van der Waals surface area contributed by atoms with Crippen LogP contribution in [0.2, 0.25) is 0 Å². The minimum Gasteiger partial charge on any atom is -0.313 e. The Morgan fingerprint density at radius 3 is 2.62 bits per heavy atom. The lowest BCUT2D eigenvalue weighted by Crippen LogP contribution is -2.36. The standard InChI is InChI=1S/C14H30N2/c1-5-9-15-14-8-10-16(11-14)13(4)7-6-12(2)3/h12-15H,5-11H2,1-4H3. The Bertz CT molecular complexity index is 180. The van der Waals surface area contributed by atoms with Crippen LogP contribution in [0.1, 0.15) is 53.4 Å². The molecule has 0 aliphatic carbocycles. The quantitative estimate of drug-likeness (QED) is 0.718. The van der Waals surface area contributed by atoms with Crippen LogP contribution in [0.5, 0.6) is 0 Å². The van der Waals surface area contributed by atoms with Crippen molar-refractivity contribution < 1.29 is 0 Å². The van der Waals surface area contributed by atoms with E-state index in [9.17, 15) is 0 Å². The average molecular weight is 226 g/mol. The van der Waals surface area contributed by atoms with E-state index in [-0.39, 0.29) is 0 Å². The zero-order valence-corrected chi connectivity index (χ0v) is 11.6. The van der Waals surface area contributed by atoms with Gasteiger partial charge in [0, 0.05) is 25.2 Å². The molecule has 2 heteroatoms. The molecule has 0 bridgehead atoms. The molecule has 1 aliphatic heterocycles. The van der Waals surface area contributed by atoms with Crippen molar-refractivity contribution in [2.75, 3.05) is 19.6 Å². The summed E-state index contributed by atoms with van der Waals surface area (Å²) in [5.74, 6) is 0.846. The number of nitrogens with one attached hydrogen (secondary N) is 1. The van der Waals surface area contributed by atoms with E-state index in [0.717, 1.165) is 18.0 Å². The van der Waals surface area contributed by atoms with E-state index in [1.54, 1.807) is 0 Å². The third kappa shape index (κ3) is 4.84. The normalized spacial score (nSPS) is 24.2. The van der Waals surface area contributed by atoms with E-state index in [1.807, 2.05) is 0 Å². The van der Waals surface area contributed by atoms with Crippen LogP contribution in [-0.2, 0) is 0 Å². The molecule has 0 aromatic carbocycles. The summed E-state index contributed by atoms with van der Waals surface area (Å²) in [6.45, 7) is 13.0. The zero-order chi connectivity index (χ0) is 12.0. The summed E-state index contributed by atoms with van der Waals surface area (Å²) < 4.78 is 0. The fourth-order valence-electron chi connectivity index (χ4n) is 2.46. The van der Waals surface area contributed by atoms with Crippen molar-refractivity contribution in [1.82, 2.24) is 10.2 Å². The van der Waals surface area contributed by atoms with Gasteiger partial charge in [0.15, 0.2) is 0 Å². The Morgan fingerprint density at radius 1 is 1.25 bits per heavy atom. The van der Waals surface area contributed by atoms with Gasteiger partial charge in [-0.15, -0.1) is 0 Å². The van der Waals surface area contributed by atoms with Crippen LogP contribution >= 0.6 is 0 Å². The molecule has 2 atom stereocenters. The third-order valence-corrected chi connectivity index (χ3v) is 3.69. The molecule has 1 saturated heterocycles. The van der Waals surface area contributed by atoms with Gasteiger partial charge in [-0.25, -0.2) is 0 Å². The highest BCUT2D eigenvalue weighted by Gasteiger charge is 2.25. The molecule has 16 heavy (non-hydrogen) atoms. The zero-order valence-electron chi connectivity index (χ0n) is 11.6. The first-order valence-electron chi connectivity index (χ1n) is 7.11. The number of rotatable bonds is 7. The number of likely N-dealkylation sites (tertiary alicyclic amines) is 1. The Labute approximate surface area is 102 Å². The molecule has 0 aromatic rings. The lowest BCUT2D eigenvalue weighted by molar-refractivity contribution is 0.231. The van der Waals surface area contributed by atoms with Gasteiger partial charge in [-0.3, -0.25) is 4.90 Å². The molecule has 96 valence electrons. The molecule has 1 heterocycles. The highest BCUT2D eigenvalue weighted by Crippen LogP contribution is 2.17. The van der Waals surface area contributed by atoms with Gasteiger partial charge in [-0.2, -0.15) is 0 Å². The second kappa shape index (κ2) is 7.29. The lowest BCUT2D eigenvalue weighted by Gasteiger charge is -2.25. The maximum Gasteiger partial charge on any atom is 0.0207 e. The van der Waals surface area contributed by atoms with Gasteiger partial charge in [0.2, 0.25) is 0 Å². The number of nitrogens with zero attached hydrogens (tertiary/aromatic N) is 1. The Balaban J connectivity index is 2.18. The van der Waals surface area contributed by atoms with Crippen LogP contribution in [0.4, 0.5) is 0 Å². The first kappa shape index (κ1) is 14.0. The van der Waals surface area contributed by atoms with Crippen molar-refractivity contribution >= 4 is 0 Å². The summed E-state index contributed by atoms with van der Waals surface area (Å²) in [6.07, 6.45) is 5.31. The second-order valence-corrected chi connectivity index (χ2v) is 5.75. The molecule has 1 N–H and O–H groups in total. The number of hydrogen-bond acceptors (Lipinski definition) is 2.